The molecule has 0 heterocycles. The lowest BCUT2D eigenvalue weighted by Crippen LogP contribution is -2.50. The highest BCUT2D eigenvalue weighted by atomic mass is 35.5. The van der Waals surface area contributed by atoms with Crippen LogP contribution in [0.1, 0.15) is 26.3 Å². The van der Waals surface area contributed by atoms with Crippen LogP contribution in [-0.2, 0) is 16.1 Å². The maximum absolute atomic E-state index is 14.1. The molecule has 0 spiro atoms. The molecule has 28 heavy (non-hydrogen) atoms. The van der Waals surface area contributed by atoms with Crippen LogP contribution in [-0.4, -0.2) is 35.4 Å². The Morgan fingerprint density at radius 1 is 1.14 bits per heavy atom. The molecule has 0 aliphatic rings. The van der Waals surface area contributed by atoms with Gasteiger partial charge in [0, 0.05) is 23.2 Å². The molecule has 0 saturated heterocycles. The summed E-state index contributed by atoms with van der Waals surface area (Å²) in [4.78, 5) is 26.6. The zero-order chi connectivity index (χ0) is 20.7. The average molecular weight is 407 g/mol. The molecule has 150 valence electrons. The summed E-state index contributed by atoms with van der Waals surface area (Å²) in [5, 5.41) is 3.26. The zero-order valence-electron chi connectivity index (χ0n) is 16.1. The summed E-state index contributed by atoms with van der Waals surface area (Å²) in [6, 6.07) is 11.9. The van der Waals surface area contributed by atoms with Crippen molar-refractivity contribution in [2.75, 3.05) is 6.61 Å². The number of benzene rings is 2. The number of carbonyl (C=O) groups excluding carboxylic acids is 2. The first-order valence-electron chi connectivity index (χ1n) is 8.99. The molecular formula is C21H24ClFN2O3. The summed E-state index contributed by atoms with van der Waals surface area (Å²) in [6.07, 6.45) is 0. The number of amides is 2. The van der Waals surface area contributed by atoms with Crippen LogP contribution in [0.2, 0.25) is 5.02 Å². The van der Waals surface area contributed by atoms with Gasteiger partial charge in [0.2, 0.25) is 5.91 Å². The second kappa shape index (κ2) is 10.1. The van der Waals surface area contributed by atoms with Crippen molar-refractivity contribution in [3.63, 3.8) is 0 Å². The van der Waals surface area contributed by atoms with Gasteiger partial charge in [-0.2, -0.15) is 0 Å². The minimum absolute atomic E-state index is 0.0445. The van der Waals surface area contributed by atoms with E-state index in [1.807, 2.05) is 13.8 Å². The highest BCUT2D eigenvalue weighted by Gasteiger charge is 2.27. The Hall–Kier alpha value is -2.60. The molecule has 0 fully saturated rings. The number of ether oxygens (including phenoxy) is 1. The number of halogens is 2. The molecule has 7 heteroatoms. The van der Waals surface area contributed by atoms with Crippen LogP contribution < -0.4 is 10.1 Å². The molecule has 1 N–H and O–H groups in total. The minimum Gasteiger partial charge on any atom is -0.484 e. The number of rotatable bonds is 8. The van der Waals surface area contributed by atoms with Crippen LogP contribution in [0.25, 0.3) is 0 Å². The average Bonchev–Trinajstić information content (AvgIpc) is 2.64. The maximum atomic E-state index is 14.1. The normalized spacial score (nSPS) is 11.8. The predicted molar refractivity (Wildman–Crippen MR) is 107 cm³/mol. The smallest absolute Gasteiger partial charge is 0.261 e. The van der Waals surface area contributed by atoms with Crippen molar-refractivity contribution in [3.8, 4) is 5.75 Å². The highest BCUT2D eigenvalue weighted by molar-refractivity contribution is 6.30. The Balaban J connectivity index is 2.17. The van der Waals surface area contributed by atoms with Crippen LogP contribution >= 0.6 is 11.6 Å². The van der Waals surface area contributed by atoms with Gasteiger partial charge in [-0.15, -0.1) is 0 Å². The molecule has 1 atom stereocenters. The van der Waals surface area contributed by atoms with Gasteiger partial charge in [0.05, 0.1) is 0 Å². The molecule has 2 rings (SSSR count). The van der Waals surface area contributed by atoms with Crippen molar-refractivity contribution in [1.82, 2.24) is 10.2 Å². The molecule has 0 aromatic heterocycles. The van der Waals surface area contributed by atoms with Crippen LogP contribution in [0.15, 0.2) is 48.5 Å². The first-order chi connectivity index (χ1) is 13.3. The number of hydrogen-bond acceptors (Lipinski definition) is 3. The van der Waals surface area contributed by atoms with Crippen molar-refractivity contribution in [3.05, 3.63) is 64.9 Å². The second-order valence-electron chi connectivity index (χ2n) is 6.70. The van der Waals surface area contributed by atoms with E-state index in [0.29, 0.717) is 16.3 Å². The molecular weight excluding hydrogens is 383 g/mol. The Kier molecular flexibility index (Phi) is 7.81. The van der Waals surface area contributed by atoms with E-state index in [4.69, 9.17) is 16.3 Å². The van der Waals surface area contributed by atoms with Gasteiger partial charge >= 0.3 is 0 Å². The van der Waals surface area contributed by atoms with Gasteiger partial charge in [-0.25, -0.2) is 4.39 Å². The van der Waals surface area contributed by atoms with Gasteiger partial charge in [0.15, 0.2) is 6.61 Å². The first kappa shape index (κ1) is 21.7. The molecule has 2 aromatic carbocycles. The van der Waals surface area contributed by atoms with E-state index in [9.17, 15) is 14.0 Å². The summed E-state index contributed by atoms with van der Waals surface area (Å²) in [5.41, 5.74) is 0.322. The standard InChI is InChI=1S/C21H24ClFN2O3/c1-14(2)24-21(27)15(3)25(12-16-7-4-5-10-19(16)23)20(26)13-28-18-9-6-8-17(22)11-18/h4-11,14-15H,12-13H2,1-3H3,(H,24,27)/t15-/m0/s1. The lowest BCUT2D eigenvalue weighted by Gasteiger charge is -2.29. The second-order valence-corrected chi connectivity index (χ2v) is 7.13. The minimum atomic E-state index is -0.794. The summed E-state index contributed by atoms with van der Waals surface area (Å²) in [6.45, 7) is 4.92. The maximum Gasteiger partial charge on any atom is 0.261 e. The first-order valence-corrected chi connectivity index (χ1v) is 9.37. The van der Waals surface area contributed by atoms with Gasteiger partial charge in [0.1, 0.15) is 17.6 Å². The molecule has 2 amide bonds. The fourth-order valence-corrected chi connectivity index (χ4v) is 2.76. The monoisotopic (exact) mass is 406 g/mol. The van der Waals surface area contributed by atoms with E-state index in [2.05, 4.69) is 5.32 Å². The molecule has 0 saturated carbocycles. The van der Waals surface area contributed by atoms with Gasteiger partial charge in [0.25, 0.3) is 5.91 Å². The molecule has 0 aliphatic carbocycles. The number of nitrogens with zero attached hydrogens (tertiary/aromatic N) is 1. The fourth-order valence-electron chi connectivity index (χ4n) is 2.58. The molecule has 0 radical (unpaired) electrons. The van der Waals surface area contributed by atoms with E-state index in [-0.39, 0.29) is 25.1 Å². The van der Waals surface area contributed by atoms with Crippen molar-refractivity contribution in [2.24, 2.45) is 0 Å². The van der Waals surface area contributed by atoms with Crippen LogP contribution in [0.3, 0.4) is 0 Å². The highest BCUT2D eigenvalue weighted by Crippen LogP contribution is 2.18. The van der Waals surface area contributed by atoms with Crippen LogP contribution in [0.5, 0.6) is 5.75 Å². The molecule has 0 aliphatic heterocycles. The van der Waals surface area contributed by atoms with Crippen molar-refractivity contribution in [2.45, 2.75) is 39.4 Å². The van der Waals surface area contributed by atoms with Gasteiger partial charge in [-0.1, -0.05) is 35.9 Å². The topological polar surface area (TPSA) is 58.6 Å². The SMILES string of the molecule is CC(C)NC(=O)[C@H](C)N(Cc1ccccc1F)C(=O)COc1cccc(Cl)c1. The lowest BCUT2D eigenvalue weighted by molar-refractivity contribution is -0.142. The molecule has 0 bridgehead atoms. The van der Waals surface area contributed by atoms with Crippen LogP contribution in [0, 0.1) is 5.82 Å². The largest absolute Gasteiger partial charge is 0.484 e. The van der Waals surface area contributed by atoms with E-state index < -0.39 is 17.8 Å². The third-order valence-electron chi connectivity index (χ3n) is 4.06. The molecule has 2 aromatic rings. The summed E-state index contributed by atoms with van der Waals surface area (Å²) in [7, 11) is 0. The Morgan fingerprint density at radius 3 is 2.50 bits per heavy atom. The quantitative estimate of drug-likeness (QED) is 0.725. The third-order valence-corrected chi connectivity index (χ3v) is 4.29. The van der Waals surface area contributed by atoms with Crippen molar-refractivity contribution >= 4 is 23.4 Å². The van der Waals surface area contributed by atoms with Gasteiger partial charge in [-0.3, -0.25) is 9.59 Å². The van der Waals surface area contributed by atoms with E-state index in [0.717, 1.165) is 0 Å². The van der Waals surface area contributed by atoms with E-state index in [1.165, 1.54) is 11.0 Å². The number of hydrogen-bond donors (Lipinski definition) is 1. The number of carbonyl (C=O) groups is 2. The van der Waals surface area contributed by atoms with Crippen molar-refractivity contribution in [1.29, 1.82) is 0 Å². The zero-order valence-corrected chi connectivity index (χ0v) is 16.9. The fraction of sp³-hybridized carbons (Fsp3) is 0.333. The molecule has 5 nitrogen and oxygen atoms in total. The summed E-state index contributed by atoms with van der Waals surface area (Å²) >= 11 is 5.92. The van der Waals surface area contributed by atoms with Gasteiger partial charge in [-0.05, 0) is 45.0 Å². The summed E-state index contributed by atoms with van der Waals surface area (Å²) < 4.78 is 19.6. The van der Waals surface area contributed by atoms with Crippen molar-refractivity contribution < 1.29 is 18.7 Å². The predicted octanol–water partition coefficient (Wildman–Crippen LogP) is 3.80. The lowest BCUT2D eigenvalue weighted by atomic mass is 10.1. The Bertz CT molecular complexity index is 829. The van der Waals surface area contributed by atoms with Crippen LogP contribution in [0.4, 0.5) is 4.39 Å². The van der Waals surface area contributed by atoms with E-state index >= 15 is 0 Å². The van der Waals surface area contributed by atoms with Gasteiger partial charge < -0.3 is 15.0 Å². The Labute approximate surface area is 169 Å². The molecule has 0 unspecified atom stereocenters. The third kappa shape index (κ3) is 6.23. The Morgan fingerprint density at radius 2 is 1.86 bits per heavy atom. The number of nitrogens with one attached hydrogen (secondary N) is 1. The summed E-state index contributed by atoms with van der Waals surface area (Å²) in [5.74, 6) is -0.754. The van der Waals surface area contributed by atoms with E-state index in [1.54, 1.807) is 49.4 Å².